The second kappa shape index (κ2) is 6.72. The van der Waals surface area contributed by atoms with Gasteiger partial charge in [0, 0.05) is 39.1 Å². The van der Waals surface area contributed by atoms with Crippen LogP contribution in [0.3, 0.4) is 0 Å². The summed E-state index contributed by atoms with van der Waals surface area (Å²) in [7, 11) is 0. The van der Waals surface area contributed by atoms with E-state index in [1.807, 2.05) is 0 Å². The Bertz CT molecular complexity index is 3080. The Morgan fingerprint density at radius 2 is 1.18 bits per heavy atom. The van der Waals surface area contributed by atoms with Crippen LogP contribution < -0.4 is 13.9 Å². The van der Waals surface area contributed by atoms with Crippen molar-refractivity contribution in [3.05, 3.63) is 139 Å². The first-order chi connectivity index (χ1) is 22.4. The number of hydrogen-bond donors (Lipinski definition) is 0. The minimum Gasteiger partial charge on any atom is -0.367 e. The molecule has 0 amide bonds. The number of hydrogen-bond acceptors (Lipinski definition) is 1. The molecule has 1 unspecified atom stereocenters. The lowest BCUT2D eigenvalue weighted by molar-refractivity contribution is -0.968. The van der Waals surface area contributed by atoms with Gasteiger partial charge in [-0.3, -0.25) is 0 Å². The fourth-order valence-corrected chi connectivity index (χ4v) is 9.66. The molecule has 7 heterocycles. The lowest BCUT2D eigenvalue weighted by atomic mass is 9.86. The van der Waals surface area contributed by atoms with E-state index in [1.165, 1.54) is 92.9 Å². The predicted molar refractivity (Wildman–Crippen MR) is 178 cm³/mol. The van der Waals surface area contributed by atoms with Gasteiger partial charge >= 0.3 is 23.1 Å². The Morgan fingerprint density at radius 1 is 0.467 bits per heavy atom. The average Bonchev–Trinajstić information content (AvgIpc) is 3.51. The molecule has 6 aromatic carbocycles. The lowest BCUT2D eigenvalue weighted by Crippen LogP contribution is -2.76. The van der Waals surface area contributed by atoms with E-state index in [0.29, 0.717) is 0 Å². The largest absolute Gasteiger partial charge is 0.381 e. The molecule has 4 aromatic heterocycles. The molecule has 0 saturated carbocycles. The number of pyridine rings is 3. The second-order valence-electron chi connectivity index (χ2n) is 12.8. The zero-order valence-corrected chi connectivity index (χ0v) is 23.9. The highest BCUT2D eigenvalue weighted by Gasteiger charge is 2.67. The number of fused-ring (bicyclic) bond motifs is 7. The number of rotatable bonds is 0. The maximum absolute atomic E-state index is 6.86. The molecule has 204 valence electrons. The first-order valence-electron chi connectivity index (χ1n) is 15.6. The van der Waals surface area contributed by atoms with Crippen LogP contribution in [0.4, 0.5) is 0 Å². The third-order valence-corrected chi connectivity index (χ3v) is 11.1. The molecule has 3 aliphatic rings. The molecule has 13 rings (SSSR count). The molecule has 0 radical (unpaired) electrons. The molecular formula is C41H21N3O+2. The molecule has 0 bridgehead atoms. The summed E-state index contributed by atoms with van der Waals surface area (Å²) in [6, 6.07) is 47.3. The van der Waals surface area contributed by atoms with Gasteiger partial charge in [-0.1, -0.05) is 66.7 Å². The topological polar surface area (TPSA) is 21.4 Å². The van der Waals surface area contributed by atoms with Crippen molar-refractivity contribution in [1.29, 1.82) is 0 Å². The summed E-state index contributed by atoms with van der Waals surface area (Å²) in [5.74, 6) is 1.71. The molecule has 0 saturated heterocycles. The third kappa shape index (κ3) is 2.02. The molecule has 1 atom stereocenters. The molecule has 4 nitrogen and oxygen atoms in total. The van der Waals surface area contributed by atoms with Crippen molar-refractivity contribution in [2.24, 2.45) is 0 Å². The van der Waals surface area contributed by atoms with E-state index in [-0.39, 0.29) is 0 Å². The maximum Gasteiger partial charge on any atom is 0.381 e. The van der Waals surface area contributed by atoms with E-state index in [0.717, 1.165) is 11.8 Å². The van der Waals surface area contributed by atoms with Crippen LogP contribution in [0.2, 0.25) is 0 Å². The molecule has 0 fully saturated rings. The van der Waals surface area contributed by atoms with Gasteiger partial charge in [-0.2, -0.15) is 4.40 Å². The van der Waals surface area contributed by atoms with Crippen LogP contribution in [0, 0.1) is 0 Å². The van der Waals surface area contributed by atoms with E-state index in [4.69, 9.17) is 4.74 Å². The summed E-state index contributed by atoms with van der Waals surface area (Å²) in [6.07, 6.45) is 0. The van der Waals surface area contributed by atoms with E-state index >= 15 is 0 Å². The fourth-order valence-electron chi connectivity index (χ4n) is 9.66. The molecule has 1 spiro atoms. The van der Waals surface area contributed by atoms with Crippen molar-refractivity contribution >= 4 is 70.5 Å². The van der Waals surface area contributed by atoms with Crippen LogP contribution in [0.5, 0.6) is 11.8 Å². The number of nitrogens with zero attached hydrogens (tertiary/aromatic N) is 3. The van der Waals surface area contributed by atoms with Crippen molar-refractivity contribution in [2.45, 2.75) is 5.66 Å². The fraction of sp³-hybridized carbons (Fsp3) is 0.0244. The molecule has 0 N–H and O–H groups in total. The van der Waals surface area contributed by atoms with Crippen LogP contribution in [0.1, 0.15) is 11.1 Å². The van der Waals surface area contributed by atoms with Crippen LogP contribution in [0.15, 0.2) is 127 Å². The standard InChI is InChI=1S/C41H21N3O/c1-2-10-25-23(9-1)24-12-5-8-22-18-19-27-26-13-6-15-31-38(26)42-39(27)37(35(22)24)36(25)29-20-21-34-44(40(29)42)41(31)30-14-4-3-11-28(30)32-16-7-17-33(45-34)43(32)41/h1-21H/q+2. The number of benzene rings is 5. The highest BCUT2D eigenvalue weighted by molar-refractivity contribution is 6.40. The van der Waals surface area contributed by atoms with Gasteiger partial charge in [0.25, 0.3) is 0 Å². The Balaban J connectivity index is 1.45. The van der Waals surface area contributed by atoms with Crippen LogP contribution >= 0.6 is 0 Å². The van der Waals surface area contributed by atoms with Gasteiger partial charge in [0.1, 0.15) is 11.1 Å². The van der Waals surface area contributed by atoms with Crippen LogP contribution in [-0.2, 0) is 5.66 Å². The van der Waals surface area contributed by atoms with Gasteiger partial charge in [0.2, 0.25) is 5.69 Å². The third-order valence-electron chi connectivity index (χ3n) is 11.1. The van der Waals surface area contributed by atoms with E-state index in [9.17, 15) is 0 Å². The highest BCUT2D eigenvalue weighted by atomic mass is 16.5. The van der Waals surface area contributed by atoms with E-state index < -0.39 is 5.66 Å². The summed E-state index contributed by atoms with van der Waals surface area (Å²) >= 11 is 0. The van der Waals surface area contributed by atoms with Gasteiger partial charge in [0.15, 0.2) is 5.52 Å². The number of aromatic nitrogens is 3. The van der Waals surface area contributed by atoms with Gasteiger partial charge in [-0.25, -0.2) is 0 Å². The maximum atomic E-state index is 6.86. The van der Waals surface area contributed by atoms with Crippen LogP contribution in [0.25, 0.3) is 81.8 Å². The normalized spacial score (nSPS) is 17.2. The minimum atomic E-state index is -0.632. The summed E-state index contributed by atoms with van der Waals surface area (Å²) in [4.78, 5) is 0. The van der Waals surface area contributed by atoms with E-state index in [1.54, 1.807) is 0 Å². The number of para-hydroxylation sites is 1. The Hall–Kier alpha value is -6.00. The summed E-state index contributed by atoms with van der Waals surface area (Å²) in [5, 5.41) is 12.9. The molecule has 45 heavy (non-hydrogen) atoms. The molecular weight excluding hydrogens is 550 g/mol. The number of ether oxygens (including phenoxy) is 1. The Kier molecular flexibility index (Phi) is 3.23. The van der Waals surface area contributed by atoms with Gasteiger partial charge in [-0.05, 0) is 64.0 Å². The van der Waals surface area contributed by atoms with Gasteiger partial charge < -0.3 is 4.74 Å². The zero-order chi connectivity index (χ0) is 28.8. The SMILES string of the molecule is c1ccc2c(c1)-c1cccc3[n+]1C21c2cccc4c5ccc6cccc7c8ccccc8c8c9ccc([n+]1c9n(c24)c5c8c67)O3. The Labute approximate surface area is 255 Å². The van der Waals surface area contributed by atoms with Crippen LogP contribution in [-0.4, -0.2) is 4.40 Å². The van der Waals surface area contributed by atoms with Gasteiger partial charge in [-0.15, -0.1) is 9.13 Å². The Morgan fingerprint density at radius 3 is 2.16 bits per heavy atom. The van der Waals surface area contributed by atoms with Crippen molar-refractivity contribution < 1.29 is 13.9 Å². The van der Waals surface area contributed by atoms with Crippen molar-refractivity contribution in [3.63, 3.8) is 0 Å². The average molecular weight is 572 g/mol. The van der Waals surface area contributed by atoms with Crippen molar-refractivity contribution in [2.75, 3.05) is 0 Å². The van der Waals surface area contributed by atoms with E-state index in [2.05, 4.69) is 141 Å². The van der Waals surface area contributed by atoms with Crippen molar-refractivity contribution in [1.82, 2.24) is 4.40 Å². The predicted octanol–water partition coefficient (Wildman–Crippen LogP) is 8.57. The first kappa shape index (κ1) is 21.7. The minimum absolute atomic E-state index is 0.632. The monoisotopic (exact) mass is 571 g/mol. The smallest absolute Gasteiger partial charge is 0.367 e. The first-order valence-corrected chi connectivity index (χ1v) is 15.6. The molecule has 4 heteroatoms. The molecule has 0 aliphatic carbocycles. The quantitative estimate of drug-likeness (QED) is 0.132. The van der Waals surface area contributed by atoms with Crippen molar-refractivity contribution in [3.8, 4) is 23.0 Å². The zero-order valence-electron chi connectivity index (χ0n) is 23.9. The summed E-state index contributed by atoms with van der Waals surface area (Å²) in [6.45, 7) is 0. The highest BCUT2D eigenvalue weighted by Crippen LogP contribution is 2.53. The molecule has 10 aromatic rings. The summed E-state index contributed by atoms with van der Waals surface area (Å²) < 4.78 is 14.4. The molecule has 3 aliphatic heterocycles. The summed E-state index contributed by atoms with van der Waals surface area (Å²) in [5.41, 5.74) is 8.08. The van der Waals surface area contributed by atoms with Gasteiger partial charge in [0.05, 0.1) is 22.6 Å². The lowest BCUT2D eigenvalue weighted by Gasteiger charge is -2.32. The second-order valence-corrected chi connectivity index (χ2v) is 12.8.